The van der Waals surface area contributed by atoms with Gasteiger partial charge in [0.25, 0.3) is 5.91 Å². The molecule has 6 nitrogen and oxygen atoms in total. The molecule has 1 saturated carbocycles. The van der Waals surface area contributed by atoms with Crippen molar-refractivity contribution in [3.05, 3.63) is 46.9 Å². The van der Waals surface area contributed by atoms with Gasteiger partial charge in [0, 0.05) is 44.0 Å². The van der Waals surface area contributed by atoms with E-state index in [4.69, 9.17) is 0 Å². The Kier molecular flexibility index (Phi) is 6.67. The summed E-state index contributed by atoms with van der Waals surface area (Å²) < 4.78 is 13.4. The van der Waals surface area contributed by atoms with E-state index in [-0.39, 0.29) is 17.8 Å². The first-order chi connectivity index (χ1) is 13.8. The lowest BCUT2D eigenvalue weighted by atomic mass is 9.86. The second-order valence-electron chi connectivity index (χ2n) is 8.12. The largest absolute Gasteiger partial charge is 0.363 e. The molecule has 0 spiro atoms. The maximum absolute atomic E-state index is 13.4. The highest BCUT2D eigenvalue weighted by molar-refractivity contribution is 5.94. The van der Waals surface area contributed by atoms with Crippen molar-refractivity contribution >= 4 is 17.7 Å². The van der Waals surface area contributed by atoms with Crippen molar-refractivity contribution in [2.75, 3.05) is 30.9 Å². The van der Waals surface area contributed by atoms with Gasteiger partial charge in [0.15, 0.2) is 0 Å². The normalized spacial score (nSPS) is 18.9. The predicted octanol–water partition coefficient (Wildman–Crippen LogP) is 3.70. The highest BCUT2D eigenvalue weighted by Crippen LogP contribution is 2.25. The molecule has 2 N–H and O–H groups in total. The lowest BCUT2D eigenvalue weighted by Gasteiger charge is -2.29. The molecule has 0 aliphatic heterocycles. The van der Waals surface area contributed by atoms with E-state index in [0.717, 1.165) is 43.7 Å². The monoisotopic (exact) mass is 399 g/mol. The van der Waals surface area contributed by atoms with Crippen LogP contribution in [0, 0.1) is 25.6 Å². The standard InChI is InChI=1S/C22H30FN5O/c1-14-11-17(7-10-19(14)23)21(29)26-18-8-5-16(6-9-18)13-24-22-25-15(2)12-20(27-22)28(3)4/h7,10-12,16,18H,5-6,8-9,13H2,1-4H3,(H,26,29)(H,24,25,27). The topological polar surface area (TPSA) is 70.2 Å². The number of carbonyl (C=O) groups is 1. The molecule has 0 saturated heterocycles. The van der Waals surface area contributed by atoms with Gasteiger partial charge in [0.1, 0.15) is 11.6 Å². The van der Waals surface area contributed by atoms with Crippen LogP contribution in [0.25, 0.3) is 0 Å². The lowest BCUT2D eigenvalue weighted by molar-refractivity contribution is 0.0922. The molecule has 1 fully saturated rings. The van der Waals surface area contributed by atoms with Crippen molar-refractivity contribution in [3.8, 4) is 0 Å². The van der Waals surface area contributed by atoms with Gasteiger partial charge < -0.3 is 15.5 Å². The van der Waals surface area contributed by atoms with Crippen LogP contribution in [-0.2, 0) is 0 Å². The molecule has 1 amide bonds. The summed E-state index contributed by atoms with van der Waals surface area (Å²) in [6.45, 7) is 4.47. The van der Waals surface area contributed by atoms with Crippen LogP contribution in [0.15, 0.2) is 24.3 Å². The molecule has 3 rings (SSSR count). The summed E-state index contributed by atoms with van der Waals surface area (Å²) in [5.41, 5.74) is 1.94. The molecule has 0 atom stereocenters. The third-order valence-corrected chi connectivity index (χ3v) is 5.45. The lowest BCUT2D eigenvalue weighted by Crippen LogP contribution is -2.38. The molecule has 0 unspecified atom stereocenters. The Morgan fingerprint density at radius 2 is 1.86 bits per heavy atom. The number of aryl methyl sites for hydroxylation is 2. The molecule has 0 radical (unpaired) electrons. The van der Waals surface area contributed by atoms with Crippen LogP contribution in [0.3, 0.4) is 0 Å². The minimum Gasteiger partial charge on any atom is -0.363 e. The SMILES string of the molecule is Cc1cc(N(C)C)nc(NCC2CCC(NC(=O)c3ccc(F)c(C)c3)CC2)n1. The third kappa shape index (κ3) is 5.65. The van der Waals surface area contributed by atoms with Gasteiger partial charge in [0.05, 0.1) is 0 Å². The first kappa shape index (κ1) is 21.0. The molecule has 0 bridgehead atoms. The zero-order valence-electron chi connectivity index (χ0n) is 17.6. The number of nitrogens with zero attached hydrogens (tertiary/aromatic N) is 3. The van der Waals surface area contributed by atoms with E-state index in [1.165, 1.54) is 12.1 Å². The van der Waals surface area contributed by atoms with Crippen LogP contribution in [0.2, 0.25) is 0 Å². The summed E-state index contributed by atoms with van der Waals surface area (Å²) >= 11 is 0. The molecule has 2 aromatic rings. The molecule has 1 aromatic heterocycles. The number of hydrogen-bond donors (Lipinski definition) is 2. The summed E-state index contributed by atoms with van der Waals surface area (Å²) in [6.07, 6.45) is 3.95. The van der Waals surface area contributed by atoms with E-state index in [9.17, 15) is 9.18 Å². The van der Waals surface area contributed by atoms with E-state index in [1.54, 1.807) is 13.0 Å². The Labute approximate surface area is 171 Å². The Balaban J connectivity index is 1.47. The van der Waals surface area contributed by atoms with Gasteiger partial charge in [-0.15, -0.1) is 0 Å². The van der Waals surface area contributed by atoms with Crippen LogP contribution in [0.5, 0.6) is 0 Å². The summed E-state index contributed by atoms with van der Waals surface area (Å²) in [4.78, 5) is 23.4. The quantitative estimate of drug-likeness (QED) is 0.775. The number of benzene rings is 1. The van der Waals surface area contributed by atoms with Gasteiger partial charge in [-0.1, -0.05) is 0 Å². The number of carbonyl (C=O) groups excluding carboxylic acids is 1. The second kappa shape index (κ2) is 9.20. The van der Waals surface area contributed by atoms with E-state index >= 15 is 0 Å². The fraction of sp³-hybridized carbons (Fsp3) is 0.500. The summed E-state index contributed by atoms with van der Waals surface area (Å²) in [5.74, 6) is 1.67. The number of hydrogen-bond acceptors (Lipinski definition) is 5. The van der Waals surface area contributed by atoms with Crippen LogP contribution >= 0.6 is 0 Å². The van der Waals surface area contributed by atoms with Gasteiger partial charge in [-0.25, -0.2) is 9.37 Å². The van der Waals surface area contributed by atoms with Crippen LogP contribution in [0.1, 0.15) is 47.3 Å². The summed E-state index contributed by atoms with van der Waals surface area (Å²) in [5, 5.41) is 6.46. The average Bonchev–Trinajstić information content (AvgIpc) is 2.69. The van der Waals surface area contributed by atoms with Crippen LogP contribution in [0.4, 0.5) is 16.2 Å². The Morgan fingerprint density at radius 1 is 1.14 bits per heavy atom. The van der Waals surface area contributed by atoms with E-state index in [2.05, 4.69) is 20.6 Å². The van der Waals surface area contributed by atoms with Gasteiger partial charge in [0.2, 0.25) is 5.95 Å². The highest BCUT2D eigenvalue weighted by atomic mass is 19.1. The fourth-order valence-electron chi connectivity index (χ4n) is 3.66. The number of anilines is 2. The molecule has 1 aromatic carbocycles. The molecule has 1 aliphatic rings. The maximum atomic E-state index is 13.4. The van der Waals surface area contributed by atoms with Gasteiger partial charge in [-0.3, -0.25) is 4.79 Å². The highest BCUT2D eigenvalue weighted by Gasteiger charge is 2.23. The van der Waals surface area contributed by atoms with Crippen molar-refractivity contribution < 1.29 is 9.18 Å². The molecular weight excluding hydrogens is 369 g/mol. The van der Waals surface area contributed by atoms with Crippen molar-refractivity contribution in [2.45, 2.75) is 45.6 Å². The Morgan fingerprint density at radius 3 is 2.52 bits per heavy atom. The molecule has 1 aliphatic carbocycles. The number of nitrogens with one attached hydrogen (secondary N) is 2. The van der Waals surface area contributed by atoms with E-state index in [0.29, 0.717) is 23.0 Å². The predicted molar refractivity (Wildman–Crippen MR) is 114 cm³/mol. The van der Waals surface area contributed by atoms with Gasteiger partial charge >= 0.3 is 0 Å². The number of aromatic nitrogens is 2. The van der Waals surface area contributed by atoms with Crippen molar-refractivity contribution in [1.82, 2.24) is 15.3 Å². The molecule has 1 heterocycles. The van der Waals surface area contributed by atoms with Gasteiger partial charge in [-0.2, -0.15) is 4.98 Å². The maximum Gasteiger partial charge on any atom is 0.251 e. The smallest absolute Gasteiger partial charge is 0.251 e. The number of amides is 1. The second-order valence-corrected chi connectivity index (χ2v) is 8.12. The van der Waals surface area contributed by atoms with Crippen molar-refractivity contribution in [3.63, 3.8) is 0 Å². The minimum absolute atomic E-state index is 0.126. The van der Waals surface area contributed by atoms with E-state index < -0.39 is 0 Å². The third-order valence-electron chi connectivity index (χ3n) is 5.45. The number of halogens is 1. The zero-order chi connectivity index (χ0) is 21.0. The summed E-state index contributed by atoms with van der Waals surface area (Å²) in [7, 11) is 3.93. The first-order valence-corrected chi connectivity index (χ1v) is 10.2. The summed E-state index contributed by atoms with van der Waals surface area (Å²) in [6, 6.07) is 6.62. The minimum atomic E-state index is -0.287. The van der Waals surface area contributed by atoms with Crippen LogP contribution in [-0.4, -0.2) is 42.6 Å². The number of rotatable bonds is 6. The Hall–Kier alpha value is -2.70. The van der Waals surface area contributed by atoms with Crippen LogP contribution < -0.4 is 15.5 Å². The average molecular weight is 400 g/mol. The van der Waals surface area contributed by atoms with Gasteiger partial charge in [-0.05, 0) is 69.2 Å². The van der Waals surface area contributed by atoms with E-state index in [1.807, 2.05) is 32.0 Å². The molecular formula is C22H30FN5O. The Bertz CT molecular complexity index is 862. The first-order valence-electron chi connectivity index (χ1n) is 10.2. The zero-order valence-corrected chi connectivity index (χ0v) is 17.6. The molecule has 156 valence electrons. The fourth-order valence-corrected chi connectivity index (χ4v) is 3.66. The van der Waals surface area contributed by atoms with Crippen molar-refractivity contribution in [2.24, 2.45) is 5.92 Å². The molecule has 29 heavy (non-hydrogen) atoms. The van der Waals surface area contributed by atoms with Crippen molar-refractivity contribution in [1.29, 1.82) is 0 Å². The molecule has 7 heteroatoms.